The van der Waals surface area contributed by atoms with Crippen molar-refractivity contribution >= 4 is 11.6 Å². The molecule has 0 saturated carbocycles. The number of rotatable bonds is 4. The summed E-state index contributed by atoms with van der Waals surface area (Å²) in [6.45, 7) is 10.9. The molecule has 0 aliphatic carbocycles. The minimum absolute atomic E-state index is 0.00834. The van der Waals surface area contributed by atoms with Crippen molar-refractivity contribution < 1.29 is 15.0 Å². The van der Waals surface area contributed by atoms with E-state index < -0.39 is 10.8 Å². The SMILES string of the molecule is CCn1cc([N+](=O)[O-])c(C(=O)NC2CC(C)(C)[NH2+]C(C)(C)C2)n1. The number of nitrogens with zero attached hydrogens (tertiary/aromatic N) is 3. The van der Waals surface area contributed by atoms with Crippen molar-refractivity contribution in [2.45, 2.75) is 71.1 Å². The van der Waals surface area contributed by atoms with Gasteiger partial charge in [0.1, 0.15) is 6.20 Å². The smallest absolute Gasteiger partial charge is 0.320 e. The zero-order valence-corrected chi connectivity index (χ0v) is 14.4. The number of nitrogens with two attached hydrogens (primary N) is 1. The summed E-state index contributed by atoms with van der Waals surface area (Å²) in [6.07, 6.45) is 2.92. The molecule has 8 heteroatoms. The standard InChI is InChI=1S/C15H25N5O3/c1-6-19-9-11(20(22)23)12(17-19)13(21)16-10-7-14(2,3)18-15(4,5)8-10/h9-10,18H,6-8H2,1-5H3,(H,16,21)/p+1. The van der Waals surface area contributed by atoms with Gasteiger partial charge in [0.15, 0.2) is 0 Å². The Hall–Kier alpha value is -1.96. The first kappa shape index (κ1) is 17.4. The minimum atomic E-state index is -0.559. The van der Waals surface area contributed by atoms with Crippen LogP contribution in [-0.2, 0) is 6.54 Å². The topological polar surface area (TPSA) is 107 Å². The first-order valence-corrected chi connectivity index (χ1v) is 7.93. The van der Waals surface area contributed by atoms with Crippen LogP contribution in [0.3, 0.4) is 0 Å². The number of carbonyl (C=O) groups is 1. The molecule has 0 aromatic carbocycles. The van der Waals surface area contributed by atoms with Crippen LogP contribution >= 0.6 is 0 Å². The number of nitrogens with one attached hydrogen (secondary N) is 1. The first-order valence-electron chi connectivity index (χ1n) is 7.93. The summed E-state index contributed by atoms with van der Waals surface area (Å²) in [5.74, 6) is -0.470. The summed E-state index contributed by atoms with van der Waals surface area (Å²) in [4.78, 5) is 23.1. The van der Waals surface area contributed by atoms with Crippen LogP contribution in [0.25, 0.3) is 0 Å². The fourth-order valence-electron chi connectivity index (χ4n) is 3.74. The molecule has 1 amide bonds. The van der Waals surface area contributed by atoms with Gasteiger partial charge < -0.3 is 10.6 Å². The lowest BCUT2D eigenvalue weighted by Gasteiger charge is -2.43. The third-order valence-electron chi connectivity index (χ3n) is 4.14. The van der Waals surface area contributed by atoms with Crippen molar-refractivity contribution in [1.29, 1.82) is 0 Å². The van der Waals surface area contributed by atoms with Crippen LogP contribution in [0, 0.1) is 10.1 Å². The number of carbonyl (C=O) groups excluding carboxylic acids is 1. The van der Waals surface area contributed by atoms with Gasteiger partial charge in [-0.15, -0.1) is 0 Å². The Morgan fingerprint density at radius 2 is 2.00 bits per heavy atom. The zero-order valence-electron chi connectivity index (χ0n) is 14.4. The quantitative estimate of drug-likeness (QED) is 0.631. The Bertz CT molecular complexity index is 605. The fourth-order valence-corrected chi connectivity index (χ4v) is 3.74. The third kappa shape index (κ3) is 4.07. The Balaban J connectivity index is 2.19. The second-order valence-electron chi connectivity index (χ2n) is 7.68. The maximum Gasteiger partial charge on any atom is 0.320 e. The van der Waals surface area contributed by atoms with E-state index in [0.29, 0.717) is 6.54 Å². The second kappa shape index (κ2) is 5.92. The average Bonchev–Trinajstić information content (AvgIpc) is 2.78. The van der Waals surface area contributed by atoms with Gasteiger partial charge in [-0.1, -0.05) is 0 Å². The highest BCUT2D eigenvalue weighted by atomic mass is 16.6. The Kier molecular flexibility index (Phi) is 4.48. The molecule has 23 heavy (non-hydrogen) atoms. The molecule has 2 heterocycles. The number of nitro groups is 1. The van der Waals surface area contributed by atoms with E-state index in [1.165, 1.54) is 10.9 Å². The normalized spacial score (nSPS) is 20.2. The molecule has 2 rings (SSSR count). The van der Waals surface area contributed by atoms with E-state index >= 15 is 0 Å². The van der Waals surface area contributed by atoms with E-state index in [4.69, 9.17) is 0 Å². The number of hydrogen-bond donors (Lipinski definition) is 2. The van der Waals surface area contributed by atoms with E-state index in [0.717, 1.165) is 12.8 Å². The van der Waals surface area contributed by atoms with Crippen molar-refractivity contribution in [2.75, 3.05) is 0 Å². The maximum atomic E-state index is 12.5. The van der Waals surface area contributed by atoms with Gasteiger partial charge in [-0.25, -0.2) is 0 Å². The van der Waals surface area contributed by atoms with Crippen molar-refractivity contribution in [3.63, 3.8) is 0 Å². The van der Waals surface area contributed by atoms with Crippen LogP contribution in [0.5, 0.6) is 0 Å². The summed E-state index contributed by atoms with van der Waals surface area (Å²) >= 11 is 0. The monoisotopic (exact) mass is 324 g/mol. The van der Waals surface area contributed by atoms with E-state index in [9.17, 15) is 14.9 Å². The number of quaternary nitrogens is 1. The Morgan fingerprint density at radius 1 is 1.43 bits per heavy atom. The lowest BCUT2D eigenvalue weighted by molar-refractivity contribution is -0.787. The van der Waals surface area contributed by atoms with Crippen LogP contribution < -0.4 is 10.6 Å². The molecule has 3 N–H and O–H groups in total. The summed E-state index contributed by atoms with van der Waals surface area (Å²) < 4.78 is 1.41. The van der Waals surface area contributed by atoms with Gasteiger partial charge in [-0.2, -0.15) is 5.10 Å². The van der Waals surface area contributed by atoms with Crippen LogP contribution in [0.15, 0.2) is 6.20 Å². The molecule has 1 fully saturated rings. The molecule has 1 saturated heterocycles. The highest BCUT2D eigenvalue weighted by Crippen LogP contribution is 2.23. The number of aryl methyl sites for hydroxylation is 1. The zero-order chi connectivity index (χ0) is 17.4. The van der Waals surface area contributed by atoms with Gasteiger partial charge in [-0.3, -0.25) is 19.6 Å². The van der Waals surface area contributed by atoms with Gasteiger partial charge in [0.25, 0.3) is 5.91 Å². The minimum Gasteiger partial charge on any atom is -0.347 e. The van der Waals surface area contributed by atoms with E-state index in [1.54, 1.807) is 0 Å². The van der Waals surface area contributed by atoms with Crippen molar-refractivity contribution in [1.82, 2.24) is 15.1 Å². The molecular weight excluding hydrogens is 298 g/mol. The molecule has 1 aromatic heterocycles. The third-order valence-corrected chi connectivity index (χ3v) is 4.14. The average molecular weight is 324 g/mol. The number of amides is 1. The molecule has 1 aliphatic rings. The molecule has 0 bridgehead atoms. The van der Waals surface area contributed by atoms with Gasteiger partial charge in [0.2, 0.25) is 5.69 Å². The van der Waals surface area contributed by atoms with Crippen molar-refractivity contribution in [2.24, 2.45) is 0 Å². The predicted molar refractivity (Wildman–Crippen MR) is 85.1 cm³/mol. The van der Waals surface area contributed by atoms with Crippen molar-refractivity contribution in [3.8, 4) is 0 Å². The van der Waals surface area contributed by atoms with Crippen LogP contribution in [0.1, 0.15) is 57.9 Å². The molecule has 128 valence electrons. The molecule has 0 unspecified atom stereocenters. The molecule has 0 atom stereocenters. The van der Waals surface area contributed by atoms with E-state index in [2.05, 4.69) is 43.4 Å². The van der Waals surface area contributed by atoms with E-state index in [1.807, 2.05) is 6.92 Å². The molecular formula is C15H26N5O3+. The number of aromatic nitrogens is 2. The summed E-state index contributed by atoms with van der Waals surface area (Å²) in [5, 5.41) is 20.4. The summed E-state index contributed by atoms with van der Waals surface area (Å²) in [6, 6.07) is -0.0242. The highest BCUT2D eigenvalue weighted by Gasteiger charge is 2.42. The van der Waals surface area contributed by atoms with E-state index in [-0.39, 0.29) is 28.5 Å². The predicted octanol–water partition coefficient (Wildman–Crippen LogP) is 0.824. The maximum absolute atomic E-state index is 12.5. The van der Waals surface area contributed by atoms with Gasteiger partial charge in [-0.05, 0) is 34.6 Å². The van der Waals surface area contributed by atoms with Gasteiger partial charge in [0.05, 0.1) is 16.0 Å². The molecule has 1 aromatic rings. The summed E-state index contributed by atoms with van der Waals surface area (Å²) in [5.41, 5.74) is -0.338. The molecule has 0 radical (unpaired) electrons. The van der Waals surface area contributed by atoms with Crippen molar-refractivity contribution in [3.05, 3.63) is 22.0 Å². The molecule has 0 spiro atoms. The second-order valence-corrected chi connectivity index (χ2v) is 7.68. The molecule has 8 nitrogen and oxygen atoms in total. The number of hydrogen-bond acceptors (Lipinski definition) is 4. The highest BCUT2D eigenvalue weighted by molar-refractivity contribution is 5.96. The lowest BCUT2D eigenvalue weighted by atomic mass is 9.79. The Labute approximate surface area is 135 Å². The lowest BCUT2D eigenvalue weighted by Crippen LogP contribution is -3.06. The van der Waals surface area contributed by atoms with Gasteiger partial charge in [0, 0.05) is 25.4 Å². The molecule has 1 aliphatic heterocycles. The van der Waals surface area contributed by atoms with Crippen LogP contribution in [0.2, 0.25) is 0 Å². The van der Waals surface area contributed by atoms with Gasteiger partial charge >= 0.3 is 5.69 Å². The largest absolute Gasteiger partial charge is 0.347 e. The fraction of sp³-hybridized carbons (Fsp3) is 0.733. The summed E-state index contributed by atoms with van der Waals surface area (Å²) in [7, 11) is 0. The Morgan fingerprint density at radius 3 is 2.48 bits per heavy atom. The van der Waals surface area contributed by atoms with Crippen LogP contribution in [0.4, 0.5) is 5.69 Å². The van der Waals surface area contributed by atoms with Crippen LogP contribution in [-0.4, -0.2) is 37.7 Å². The number of piperidine rings is 1. The first-order chi connectivity index (χ1) is 10.5.